The Kier molecular flexibility index (Phi) is 5.41. The third-order valence-corrected chi connectivity index (χ3v) is 2.81. The van der Waals surface area contributed by atoms with Gasteiger partial charge in [-0.2, -0.15) is 0 Å². The summed E-state index contributed by atoms with van der Waals surface area (Å²) in [6, 6.07) is -0.734. The van der Waals surface area contributed by atoms with E-state index in [0.717, 1.165) is 5.01 Å². The number of thiazole rings is 1. The van der Waals surface area contributed by atoms with Gasteiger partial charge in [0.05, 0.1) is 11.4 Å². The van der Waals surface area contributed by atoms with E-state index in [1.165, 1.54) is 11.3 Å². The predicted molar refractivity (Wildman–Crippen MR) is 64.1 cm³/mol. The Balaban J connectivity index is 2.14. The van der Waals surface area contributed by atoms with Gasteiger partial charge < -0.3 is 15.7 Å². The Morgan fingerprint density at radius 1 is 1.59 bits per heavy atom. The van der Waals surface area contributed by atoms with Gasteiger partial charge >= 0.3 is 12.0 Å². The molecule has 0 radical (unpaired) electrons. The molecule has 0 fully saturated rings. The summed E-state index contributed by atoms with van der Waals surface area (Å²) in [5.74, 6) is -0.930. The van der Waals surface area contributed by atoms with Crippen molar-refractivity contribution in [2.24, 2.45) is 0 Å². The number of carbonyl (C=O) groups is 2. The van der Waals surface area contributed by atoms with E-state index in [-0.39, 0.29) is 18.5 Å². The second kappa shape index (κ2) is 6.85. The minimum atomic E-state index is -0.930. The molecule has 1 unspecified atom stereocenters. The Labute approximate surface area is 103 Å². The molecule has 0 spiro atoms. The third kappa shape index (κ3) is 5.86. The number of rotatable bonds is 6. The predicted octanol–water partition coefficient (Wildman–Crippen LogP) is 0.848. The molecule has 7 heteroatoms. The quantitative estimate of drug-likeness (QED) is 0.704. The average molecular weight is 257 g/mol. The number of amides is 2. The largest absolute Gasteiger partial charge is 0.481 e. The minimum Gasteiger partial charge on any atom is -0.481 e. The minimum absolute atomic E-state index is 0.0834. The number of carbonyl (C=O) groups excluding carboxylic acids is 1. The highest BCUT2D eigenvalue weighted by molar-refractivity contribution is 7.09. The molecular weight excluding hydrogens is 242 g/mol. The molecule has 1 rings (SSSR count). The van der Waals surface area contributed by atoms with E-state index in [4.69, 9.17) is 5.11 Å². The Morgan fingerprint density at radius 2 is 2.35 bits per heavy atom. The number of nitrogens with zero attached hydrogens (tertiary/aromatic N) is 1. The molecule has 0 saturated heterocycles. The normalized spacial score (nSPS) is 11.8. The van der Waals surface area contributed by atoms with E-state index in [2.05, 4.69) is 15.6 Å². The lowest BCUT2D eigenvalue weighted by Gasteiger charge is -2.12. The lowest BCUT2D eigenvalue weighted by atomic mass is 10.2. The second-order valence-electron chi connectivity index (χ2n) is 3.57. The highest BCUT2D eigenvalue weighted by atomic mass is 32.1. The van der Waals surface area contributed by atoms with E-state index in [9.17, 15) is 9.59 Å². The van der Waals surface area contributed by atoms with Crippen molar-refractivity contribution >= 4 is 23.3 Å². The standard InChI is InChI=1S/C10H15N3O3S/c1-7(6-9(14)15)13-10(16)12-3-2-8-11-4-5-17-8/h4-5,7H,2-3,6H2,1H3,(H,14,15)(H2,12,13,16). The first-order valence-electron chi connectivity index (χ1n) is 5.22. The first kappa shape index (κ1) is 13.4. The number of aliphatic carboxylic acids is 1. The number of hydrogen-bond acceptors (Lipinski definition) is 4. The van der Waals surface area contributed by atoms with E-state index in [1.807, 2.05) is 5.38 Å². The van der Waals surface area contributed by atoms with Crippen LogP contribution in [0, 0.1) is 0 Å². The lowest BCUT2D eigenvalue weighted by Crippen LogP contribution is -2.42. The number of hydrogen-bond donors (Lipinski definition) is 3. The van der Waals surface area contributed by atoms with Crippen molar-refractivity contribution in [2.45, 2.75) is 25.8 Å². The molecule has 1 aromatic heterocycles. The van der Waals surface area contributed by atoms with Crippen LogP contribution in [0.4, 0.5) is 4.79 Å². The van der Waals surface area contributed by atoms with Crippen LogP contribution in [0.2, 0.25) is 0 Å². The van der Waals surface area contributed by atoms with E-state index in [1.54, 1.807) is 13.1 Å². The fraction of sp³-hybridized carbons (Fsp3) is 0.500. The smallest absolute Gasteiger partial charge is 0.315 e. The molecule has 3 N–H and O–H groups in total. The van der Waals surface area contributed by atoms with Crippen molar-refractivity contribution in [2.75, 3.05) is 6.54 Å². The maximum Gasteiger partial charge on any atom is 0.315 e. The molecule has 1 atom stereocenters. The summed E-state index contributed by atoms with van der Waals surface area (Å²) in [5, 5.41) is 16.6. The van der Waals surface area contributed by atoms with Crippen LogP contribution in [0.25, 0.3) is 0 Å². The van der Waals surface area contributed by atoms with Crippen molar-refractivity contribution < 1.29 is 14.7 Å². The summed E-state index contributed by atoms with van der Waals surface area (Å²) >= 11 is 1.54. The van der Waals surface area contributed by atoms with Gasteiger partial charge in [0.1, 0.15) is 0 Å². The molecule has 0 aromatic carbocycles. The molecule has 0 aliphatic heterocycles. The van der Waals surface area contributed by atoms with Crippen molar-refractivity contribution in [3.05, 3.63) is 16.6 Å². The molecular formula is C10H15N3O3S. The van der Waals surface area contributed by atoms with Crippen LogP contribution in [0.15, 0.2) is 11.6 Å². The first-order chi connectivity index (χ1) is 8.08. The summed E-state index contributed by atoms with van der Waals surface area (Å²) in [5.41, 5.74) is 0. The average Bonchev–Trinajstić information content (AvgIpc) is 2.68. The van der Waals surface area contributed by atoms with Crippen LogP contribution in [-0.2, 0) is 11.2 Å². The fourth-order valence-electron chi connectivity index (χ4n) is 1.25. The number of nitrogens with one attached hydrogen (secondary N) is 2. The highest BCUT2D eigenvalue weighted by Gasteiger charge is 2.10. The van der Waals surface area contributed by atoms with Crippen molar-refractivity contribution in [3.8, 4) is 0 Å². The summed E-state index contributed by atoms with van der Waals surface area (Å²) < 4.78 is 0. The zero-order valence-corrected chi connectivity index (χ0v) is 10.3. The lowest BCUT2D eigenvalue weighted by molar-refractivity contribution is -0.137. The summed E-state index contributed by atoms with van der Waals surface area (Å²) in [6.45, 7) is 2.13. The molecule has 94 valence electrons. The van der Waals surface area contributed by atoms with E-state index < -0.39 is 5.97 Å². The summed E-state index contributed by atoms with van der Waals surface area (Å²) in [4.78, 5) is 25.8. The zero-order valence-electron chi connectivity index (χ0n) is 9.47. The molecule has 6 nitrogen and oxygen atoms in total. The maximum absolute atomic E-state index is 11.3. The molecule has 0 aliphatic rings. The van der Waals surface area contributed by atoms with Crippen molar-refractivity contribution in [1.82, 2.24) is 15.6 Å². The highest BCUT2D eigenvalue weighted by Crippen LogP contribution is 2.03. The van der Waals surface area contributed by atoms with Gasteiger partial charge in [-0.1, -0.05) is 0 Å². The van der Waals surface area contributed by atoms with E-state index >= 15 is 0 Å². The zero-order chi connectivity index (χ0) is 12.7. The molecule has 0 saturated carbocycles. The number of urea groups is 1. The van der Waals surface area contributed by atoms with Gasteiger partial charge in [-0.3, -0.25) is 4.79 Å². The van der Waals surface area contributed by atoms with Gasteiger partial charge in [-0.15, -0.1) is 11.3 Å². The monoisotopic (exact) mass is 257 g/mol. The third-order valence-electron chi connectivity index (χ3n) is 1.97. The van der Waals surface area contributed by atoms with Crippen molar-refractivity contribution in [1.29, 1.82) is 0 Å². The maximum atomic E-state index is 11.3. The SMILES string of the molecule is CC(CC(=O)O)NC(=O)NCCc1nccs1. The van der Waals surface area contributed by atoms with Gasteiger partial charge in [-0.05, 0) is 6.92 Å². The van der Waals surface area contributed by atoms with Gasteiger partial charge in [0.25, 0.3) is 0 Å². The van der Waals surface area contributed by atoms with E-state index in [0.29, 0.717) is 13.0 Å². The Bertz CT molecular complexity index is 367. The Hall–Kier alpha value is -1.63. The number of carboxylic acid groups (broad SMARTS) is 1. The summed E-state index contributed by atoms with van der Waals surface area (Å²) in [6.07, 6.45) is 2.31. The first-order valence-corrected chi connectivity index (χ1v) is 6.10. The van der Waals surface area contributed by atoms with Crippen molar-refractivity contribution in [3.63, 3.8) is 0 Å². The second-order valence-corrected chi connectivity index (χ2v) is 4.55. The van der Waals surface area contributed by atoms with Gasteiger partial charge in [0.15, 0.2) is 0 Å². The molecule has 1 heterocycles. The van der Waals surface area contributed by atoms with Crippen LogP contribution in [0.5, 0.6) is 0 Å². The van der Waals surface area contributed by atoms with Gasteiger partial charge in [0, 0.05) is 30.6 Å². The van der Waals surface area contributed by atoms with Gasteiger partial charge in [-0.25, -0.2) is 9.78 Å². The van der Waals surface area contributed by atoms with Gasteiger partial charge in [0.2, 0.25) is 0 Å². The number of carboxylic acids is 1. The van der Waals surface area contributed by atoms with Crippen LogP contribution in [0.3, 0.4) is 0 Å². The van der Waals surface area contributed by atoms with Crippen LogP contribution in [-0.4, -0.2) is 34.7 Å². The van der Waals surface area contributed by atoms with Crippen LogP contribution in [0.1, 0.15) is 18.4 Å². The molecule has 0 aliphatic carbocycles. The molecule has 17 heavy (non-hydrogen) atoms. The molecule has 2 amide bonds. The van der Waals surface area contributed by atoms with Crippen LogP contribution < -0.4 is 10.6 Å². The fourth-order valence-corrected chi connectivity index (χ4v) is 1.87. The summed E-state index contributed by atoms with van der Waals surface area (Å²) in [7, 11) is 0. The van der Waals surface area contributed by atoms with Crippen LogP contribution >= 0.6 is 11.3 Å². The topological polar surface area (TPSA) is 91.3 Å². The molecule has 1 aromatic rings. The Morgan fingerprint density at radius 3 is 2.94 bits per heavy atom. The molecule has 0 bridgehead atoms. The number of aromatic nitrogens is 1.